The van der Waals surface area contributed by atoms with Gasteiger partial charge in [0.2, 0.25) is 5.91 Å². The van der Waals surface area contributed by atoms with E-state index >= 15 is 0 Å². The molecule has 3 aliphatic rings. The molecule has 2 aromatic carbocycles. The van der Waals surface area contributed by atoms with E-state index in [-0.39, 0.29) is 36.3 Å². The van der Waals surface area contributed by atoms with E-state index in [1.54, 1.807) is 6.92 Å². The van der Waals surface area contributed by atoms with Crippen LogP contribution in [0, 0.1) is 17.8 Å². The van der Waals surface area contributed by atoms with Crippen LogP contribution >= 0.6 is 0 Å². The fraction of sp³-hybridized carbons (Fsp3) is 0.444. The number of benzene rings is 2. The number of alkyl carbamates (subject to hydrolysis) is 1. The van der Waals surface area contributed by atoms with Crippen molar-refractivity contribution in [3.63, 3.8) is 0 Å². The van der Waals surface area contributed by atoms with Crippen LogP contribution in [-0.4, -0.2) is 41.8 Å². The fourth-order valence-electron chi connectivity index (χ4n) is 6.26. The van der Waals surface area contributed by atoms with Crippen LogP contribution in [-0.2, 0) is 14.3 Å². The van der Waals surface area contributed by atoms with Crippen LogP contribution in [0.4, 0.5) is 4.79 Å². The third kappa shape index (κ3) is 3.93. The van der Waals surface area contributed by atoms with Gasteiger partial charge in [-0.2, -0.15) is 0 Å². The minimum Gasteiger partial charge on any atom is -0.480 e. The first-order valence-electron chi connectivity index (χ1n) is 12.1. The number of nitrogens with one attached hydrogen (secondary N) is 2. The Hall–Kier alpha value is -3.35. The highest BCUT2D eigenvalue weighted by Gasteiger charge is 2.52. The Labute approximate surface area is 198 Å². The highest BCUT2D eigenvalue weighted by Crippen LogP contribution is 2.49. The average Bonchev–Trinajstić information content (AvgIpc) is 3.53. The molecule has 3 N–H and O–H groups in total. The standard InChI is InChI=1S/C27H30N2O5/c1-2-22(26(31)32)28-25(30)23-15-11-12-16(13-15)24(23)29-27(33)34-14-21-19-9-5-3-7-17(19)18-8-4-6-10-20(18)21/h3-10,15-16,21-24H,2,11-14H2,1H3,(H,28,30)(H,29,33)(H,31,32)/t15?,16?,22-,23?,24?/m1/s1. The number of hydrogen-bond donors (Lipinski definition) is 3. The normalized spacial score (nSPS) is 25.3. The summed E-state index contributed by atoms with van der Waals surface area (Å²) in [6.07, 6.45) is 2.54. The van der Waals surface area contributed by atoms with Crippen LogP contribution in [0.3, 0.4) is 0 Å². The molecule has 34 heavy (non-hydrogen) atoms. The topological polar surface area (TPSA) is 105 Å². The first-order valence-corrected chi connectivity index (χ1v) is 12.1. The highest BCUT2D eigenvalue weighted by molar-refractivity contribution is 5.86. The number of aliphatic carboxylic acids is 1. The fourth-order valence-corrected chi connectivity index (χ4v) is 6.26. The van der Waals surface area contributed by atoms with Crippen LogP contribution in [0.25, 0.3) is 11.1 Å². The number of carboxylic acids is 1. The molecule has 0 spiro atoms. The van der Waals surface area contributed by atoms with Gasteiger partial charge in [0.25, 0.3) is 0 Å². The Morgan fingerprint density at radius 2 is 1.62 bits per heavy atom. The maximum absolute atomic E-state index is 13.0. The van der Waals surface area contributed by atoms with Crippen LogP contribution in [0.1, 0.15) is 49.7 Å². The summed E-state index contributed by atoms with van der Waals surface area (Å²) in [7, 11) is 0. The molecule has 2 amide bonds. The summed E-state index contributed by atoms with van der Waals surface area (Å²) in [5, 5.41) is 14.9. The van der Waals surface area contributed by atoms with Gasteiger partial charge in [0, 0.05) is 12.0 Å². The molecule has 7 nitrogen and oxygen atoms in total. The van der Waals surface area contributed by atoms with E-state index in [2.05, 4.69) is 34.9 Å². The van der Waals surface area contributed by atoms with Gasteiger partial charge in [-0.15, -0.1) is 0 Å². The van der Waals surface area contributed by atoms with Crippen molar-refractivity contribution in [1.29, 1.82) is 0 Å². The lowest BCUT2D eigenvalue weighted by Crippen LogP contribution is -2.52. The first kappa shape index (κ1) is 22.4. The zero-order valence-corrected chi connectivity index (χ0v) is 19.2. The average molecular weight is 463 g/mol. The number of carbonyl (C=O) groups is 3. The summed E-state index contributed by atoms with van der Waals surface area (Å²) >= 11 is 0. The summed E-state index contributed by atoms with van der Waals surface area (Å²) < 4.78 is 5.70. The third-order valence-corrected chi connectivity index (χ3v) is 7.87. The molecule has 0 saturated heterocycles. The zero-order chi connectivity index (χ0) is 23.8. The molecule has 0 heterocycles. The molecule has 2 saturated carbocycles. The number of carbonyl (C=O) groups excluding carboxylic acids is 2. The summed E-state index contributed by atoms with van der Waals surface area (Å²) in [6, 6.07) is 15.1. The zero-order valence-electron chi connectivity index (χ0n) is 19.2. The van der Waals surface area contributed by atoms with Crippen molar-refractivity contribution in [3.05, 3.63) is 59.7 Å². The molecule has 3 aliphatic carbocycles. The second-order valence-electron chi connectivity index (χ2n) is 9.66. The number of amides is 2. The Bertz CT molecular complexity index is 1070. The molecule has 2 aromatic rings. The van der Waals surface area contributed by atoms with Crippen molar-refractivity contribution >= 4 is 18.0 Å². The summed E-state index contributed by atoms with van der Waals surface area (Å²) in [5.41, 5.74) is 4.63. The van der Waals surface area contributed by atoms with Crippen molar-refractivity contribution in [2.24, 2.45) is 17.8 Å². The Morgan fingerprint density at radius 1 is 1.00 bits per heavy atom. The van der Waals surface area contributed by atoms with E-state index in [0.29, 0.717) is 6.42 Å². The second-order valence-corrected chi connectivity index (χ2v) is 9.66. The molecular formula is C27H30N2O5. The van der Waals surface area contributed by atoms with Crippen molar-refractivity contribution in [2.75, 3.05) is 6.61 Å². The van der Waals surface area contributed by atoms with Gasteiger partial charge in [-0.05, 0) is 59.8 Å². The van der Waals surface area contributed by atoms with E-state index in [9.17, 15) is 19.5 Å². The maximum atomic E-state index is 13.0. The molecule has 5 atom stereocenters. The van der Waals surface area contributed by atoms with Gasteiger partial charge >= 0.3 is 12.1 Å². The lowest BCUT2D eigenvalue weighted by Gasteiger charge is -2.31. The predicted molar refractivity (Wildman–Crippen MR) is 126 cm³/mol. The molecule has 4 unspecified atom stereocenters. The van der Waals surface area contributed by atoms with Crippen molar-refractivity contribution < 1.29 is 24.2 Å². The predicted octanol–water partition coefficient (Wildman–Crippen LogP) is 3.92. The lowest BCUT2D eigenvalue weighted by atomic mass is 9.83. The molecule has 0 aliphatic heterocycles. The van der Waals surface area contributed by atoms with Crippen LogP contribution in [0.5, 0.6) is 0 Å². The minimum absolute atomic E-state index is 0.0295. The highest BCUT2D eigenvalue weighted by atomic mass is 16.5. The molecule has 2 fully saturated rings. The summed E-state index contributed by atoms with van der Waals surface area (Å²) in [6.45, 7) is 1.95. The Balaban J connectivity index is 1.25. The lowest BCUT2D eigenvalue weighted by molar-refractivity contribution is -0.143. The van der Waals surface area contributed by atoms with Gasteiger partial charge in [-0.1, -0.05) is 55.5 Å². The molecule has 178 valence electrons. The molecule has 5 rings (SSSR count). The van der Waals surface area contributed by atoms with Gasteiger partial charge in [0.05, 0.1) is 5.92 Å². The number of carboxylic acid groups (broad SMARTS) is 1. The summed E-state index contributed by atoms with van der Waals surface area (Å²) in [4.78, 5) is 37.2. The van der Waals surface area contributed by atoms with Crippen LogP contribution < -0.4 is 10.6 Å². The van der Waals surface area contributed by atoms with Gasteiger partial charge in [-0.3, -0.25) is 4.79 Å². The van der Waals surface area contributed by atoms with E-state index < -0.39 is 24.0 Å². The number of rotatable bonds is 7. The van der Waals surface area contributed by atoms with Crippen molar-refractivity contribution in [2.45, 2.75) is 50.6 Å². The second kappa shape index (κ2) is 9.12. The first-order chi connectivity index (χ1) is 16.5. The largest absolute Gasteiger partial charge is 0.480 e. The summed E-state index contributed by atoms with van der Waals surface area (Å²) in [5.74, 6) is -1.41. The van der Waals surface area contributed by atoms with E-state index in [1.165, 1.54) is 11.1 Å². The number of ether oxygens (including phenoxy) is 1. The third-order valence-electron chi connectivity index (χ3n) is 7.87. The maximum Gasteiger partial charge on any atom is 0.407 e. The molecule has 0 aromatic heterocycles. The van der Waals surface area contributed by atoms with Gasteiger partial charge < -0.3 is 20.5 Å². The SMILES string of the molecule is CC[C@@H](NC(=O)C1C2CCC(C2)C1NC(=O)OCC1c2ccccc2-c2ccccc21)C(=O)O. The molecule has 7 heteroatoms. The molecular weight excluding hydrogens is 432 g/mol. The minimum atomic E-state index is -1.04. The van der Waals surface area contributed by atoms with E-state index in [1.807, 2.05) is 24.3 Å². The van der Waals surface area contributed by atoms with Crippen LogP contribution in [0.15, 0.2) is 48.5 Å². The Morgan fingerprint density at radius 3 is 2.24 bits per heavy atom. The quantitative estimate of drug-likeness (QED) is 0.579. The van der Waals surface area contributed by atoms with Crippen LogP contribution in [0.2, 0.25) is 0 Å². The van der Waals surface area contributed by atoms with Gasteiger partial charge in [0.15, 0.2) is 0 Å². The van der Waals surface area contributed by atoms with E-state index in [0.717, 1.165) is 30.4 Å². The molecule has 2 bridgehead atoms. The van der Waals surface area contributed by atoms with E-state index in [4.69, 9.17) is 4.74 Å². The number of hydrogen-bond acceptors (Lipinski definition) is 4. The smallest absolute Gasteiger partial charge is 0.407 e. The van der Waals surface area contributed by atoms with Gasteiger partial charge in [-0.25, -0.2) is 9.59 Å². The monoisotopic (exact) mass is 462 g/mol. The Kier molecular flexibility index (Phi) is 6.02. The van der Waals surface area contributed by atoms with Crippen molar-refractivity contribution in [3.8, 4) is 11.1 Å². The number of fused-ring (bicyclic) bond motifs is 5. The van der Waals surface area contributed by atoms with Gasteiger partial charge in [0.1, 0.15) is 12.6 Å². The molecule has 0 radical (unpaired) electrons. The van der Waals surface area contributed by atoms with Crippen molar-refractivity contribution in [1.82, 2.24) is 10.6 Å².